The maximum atomic E-state index is 14.5. The van der Waals surface area contributed by atoms with Gasteiger partial charge in [-0.25, -0.2) is 9.18 Å². The molecule has 3 aromatic rings. The topological polar surface area (TPSA) is 67.8 Å². The number of ether oxygens (including phenoxy) is 1. The molecule has 0 bridgehead atoms. The average molecular weight is 402 g/mol. The van der Waals surface area contributed by atoms with E-state index in [9.17, 15) is 14.0 Å². The zero-order valence-electron chi connectivity index (χ0n) is 16.0. The Hall–Kier alpha value is -3.80. The van der Waals surface area contributed by atoms with Crippen LogP contribution in [0.25, 0.3) is 0 Å². The maximum Gasteiger partial charge on any atom is 0.409 e. The number of amides is 1. The van der Waals surface area contributed by atoms with E-state index in [1.165, 1.54) is 6.07 Å². The number of Topliss-reactive ketones (excluding diaryl/α,β-unsaturated/α-hetero) is 1. The molecule has 6 heteroatoms. The first-order chi connectivity index (χ1) is 14.6. The second-order valence-corrected chi connectivity index (χ2v) is 6.86. The Bertz CT molecular complexity index is 1100. The number of hydrogen-bond donors (Lipinski definition) is 1. The molecular weight excluding hydrogens is 383 g/mol. The van der Waals surface area contributed by atoms with E-state index in [0.29, 0.717) is 11.3 Å². The standard InChI is InChI=1S/C24H19FN2O3/c25-20-13-7-12-18-19(20)14-21(28)23(26-22(18)17-10-5-2-6-11-17)27-24(29)30-15-16-8-3-1-4-9-16/h1-13,23H,14-15H2,(H,27,29). The summed E-state index contributed by atoms with van der Waals surface area (Å²) in [5.41, 5.74) is 2.80. The fraction of sp³-hybridized carbons (Fsp3) is 0.125. The van der Waals surface area contributed by atoms with Gasteiger partial charge in [-0.05, 0) is 11.6 Å². The summed E-state index contributed by atoms with van der Waals surface area (Å²) in [6, 6.07) is 23.0. The summed E-state index contributed by atoms with van der Waals surface area (Å²) < 4.78 is 19.7. The van der Waals surface area contributed by atoms with E-state index in [1.807, 2.05) is 60.7 Å². The Labute approximate surface area is 173 Å². The number of hydrogen-bond acceptors (Lipinski definition) is 4. The summed E-state index contributed by atoms with van der Waals surface area (Å²) in [6.45, 7) is 0.0672. The molecule has 0 saturated carbocycles. The highest BCUT2D eigenvalue weighted by Crippen LogP contribution is 2.23. The smallest absolute Gasteiger partial charge is 0.409 e. The SMILES string of the molecule is O=C(NC1N=C(c2ccccc2)c2cccc(F)c2CC1=O)OCc1ccccc1. The highest BCUT2D eigenvalue weighted by Gasteiger charge is 2.29. The Morgan fingerprint density at radius 3 is 2.43 bits per heavy atom. The molecule has 0 radical (unpaired) electrons. The number of carbonyl (C=O) groups excluding carboxylic acids is 2. The molecule has 0 aliphatic carbocycles. The van der Waals surface area contributed by atoms with Crippen molar-refractivity contribution >= 4 is 17.6 Å². The first-order valence-corrected chi connectivity index (χ1v) is 9.53. The van der Waals surface area contributed by atoms with Gasteiger partial charge in [-0.2, -0.15) is 0 Å². The monoisotopic (exact) mass is 402 g/mol. The van der Waals surface area contributed by atoms with Gasteiger partial charge in [0.15, 0.2) is 11.9 Å². The minimum atomic E-state index is -1.17. The molecule has 30 heavy (non-hydrogen) atoms. The average Bonchev–Trinajstić information content (AvgIpc) is 2.91. The van der Waals surface area contributed by atoms with Crippen molar-refractivity contribution in [1.29, 1.82) is 0 Å². The van der Waals surface area contributed by atoms with Crippen LogP contribution in [0.3, 0.4) is 0 Å². The summed E-state index contributed by atoms with van der Waals surface area (Å²) in [5, 5.41) is 2.51. The summed E-state index contributed by atoms with van der Waals surface area (Å²) >= 11 is 0. The van der Waals surface area contributed by atoms with Gasteiger partial charge in [-0.3, -0.25) is 15.1 Å². The van der Waals surface area contributed by atoms with Crippen LogP contribution in [0.2, 0.25) is 0 Å². The highest BCUT2D eigenvalue weighted by atomic mass is 19.1. The van der Waals surface area contributed by atoms with Crippen molar-refractivity contribution in [1.82, 2.24) is 5.32 Å². The highest BCUT2D eigenvalue weighted by molar-refractivity contribution is 6.16. The lowest BCUT2D eigenvalue weighted by molar-refractivity contribution is -0.120. The molecule has 0 aromatic heterocycles. The van der Waals surface area contributed by atoms with Crippen LogP contribution in [0.1, 0.15) is 22.3 Å². The van der Waals surface area contributed by atoms with E-state index in [2.05, 4.69) is 10.3 Å². The minimum Gasteiger partial charge on any atom is -0.445 e. The van der Waals surface area contributed by atoms with Crippen molar-refractivity contribution in [2.24, 2.45) is 4.99 Å². The normalized spacial score (nSPS) is 15.6. The second kappa shape index (κ2) is 8.69. The molecule has 1 aliphatic heterocycles. The number of alkyl carbamates (subject to hydrolysis) is 1. The Kier molecular flexibility index (Phi) is 5.66. The third-order valence-corrected chi connectivity index (χ3v) is 4.80. The van der Waals surface area contributed by atoms with Crippen molar-refractivity contribution in [2.75, 3.05) is 0 Å². The largest absolute Gasteiger partial charge is 0.445 e. The second-order valence-electron chi connectivity index (χ2n) is 6.86. The van der Waals surface area contributed by atoms with E-state index in [1.54, 1.807) is 12.1 Å². The van der Waals surface area contributed by atoms with E-state index in [0.717, 1.165) is 11.1 Å². The number of nitrogens with zero attached hydrogens (tertiary/aromatic N) is 1. The number of ketones is 1. The lowest BCUT2D eigenvalue weighted by Gasteiger charge is -2.14. The van der Waals surface area contributed by atoms with Gasteiger partial charge in [-0.15, -0.1) is 0 Å². The first kappa shape index (κ1) is 19.5. The molecule has 0 saturated heterocycles. The van der Waals surface area contributed by atoms with Crippen molar-refractivity contribution in [3.63, 3.8) is 0 Å². The van der Waals surface area contributed by atoms with Crippen LogP contribution >= 0.6 is 0 Å². The van der Waals surface area contributed by atoms with Gasteiger partial charge in [0.1, 0.15) is 12.4 Å². The number of nitrogens with one attached hydrogen (secondary N) is 1. The fourth-order valence-electron chi connectivity index (χ4n) is 3.32. The number of halogens is 1. The first-order valence-electron chi connectivity index (χ1n) is 9.53. The molecule has 150 valence electrons. The molecule has 3 aromatic carbocycles. The number of rotatable bonds is 4. The van der Waals surface area contributed by atoms with Crippen LogP contribution in [0, 0.1) is 5.82 Å². The maximum absolute atomic E-state index is 14.5. The van der Waals surface area contributed by atoms with Crippen molar-refractivity contribution in [3.05, 3.63) is 107 Å². The molecule has 1 atom stereocenters. The summed E-state index contributed by atoms with van der Waals surface area (Å²) in [4.78, 5) is 29.6. The Morgan fingerprint density at radius 2 is 1.70 bits per heavy atom. The molecule has 1 aliphatic rings. The molecule has 1 amide bonds. The molecule has 5 nitrogen and oxygen atoms in total. The number of fused-ring (bicyclic) bond motifs is 1. The molecular formula is C24H19FN2O3. The van der Waals surface area contributed by atoms with E-state index >= 15 is 0 Å². The van der Waals surface area contributed by atoms with Gasteiger partial charge in [0.2, 0.25) is 0 Å². The summed E-state index contributed by atoms with van der Waals surface area (Å²) in [7, 11) is 0. The van der Waals surface area contributed by atoms with Gasteiger partial charge in [0.05, 0.1) is 5.71 Å². The van der Waals surface area contributed by atoms with Crippen LogP contribution in [0.15, 0.2) is 83.9 Å². The summed E-state index contributed by atoms with van der Waals surface area (Å²) in [5.74, 6) is -0.888. The quantitative estimate of drug-likeness (QED) is 0.716. The lowest BCUT2D eigenvalue weighted by atomic mass is 9.95. The molecule has 4 rings (SSSR count). The Morgan fingerprint density at radius 1 is 1.00 bits per heavy atom. The van der Waals surface area contributed by atoms with Crippen LogP contribution in [0.4, 0.5) is 9.18 Å². The van der Waals surface area contributed by atoms with Crippen molar-refractivity contribution in [2.45, 2.75) is 19.2 Å². The van der Waals surface area contributed by atoms with E-state index < -0.39 is 23.9 Å². The van der Waals surface area contributed by atoms with Crippen molar-refractivity contribution in [3.8, 4) is 0 Å². The molecule has 0 fully saturated rings. The van der Waals surface area contributed by atoms with E-state index in [-0.39, 0.29) is 18.6 Å². The number of carbonyl (C=O) groups is 2. The van der Waals surface area contributed by atoms with Gasteiger partial charge in [0.25, 0.3) is 0 Å². The molecule has 0 spiro atoms. The fourth-order valence-corrected chi connectivity index (χ4v) is 3.32. The molecule has 1 heterocycles. The number of benzene rings is 3. The van der Waals surface area contributed by atoms with Crippen LogP contribution in [0.5, 0.6) is 0 Å². The number of aliphatic imine (C=N–C) groups is 1. The molecule has 1 N–H and O–H groups in total. The predicted molar refractivity (Wildman–Crippen MR) is 111 cm³/mol. The van der Waals surface area contributed by atoms with Gasteiger partial charge in [0, 0.05) is 23.1 Å². The zero-order valence-corrected chi connectivity index (χ0v) is 16.0. The van der Waals surface area contributed by atoms with Gasteiger partial charge < -0.3 is 4.74 Å². The lowest BCUT2D eigenvalue weighted by Crippen LogP contribution is -2.40. The predicted octanol–water partition coefficient (Wildman–Crippen LogP) is 4.04. The third-order valence-electron chi connectivity index (χ3n) is 4.80. The Balaban J connectivity index is 1.61. The van der Waals surface area contributed by atoms with Crippen LogP contribution < -0.4 is 5.32 Å². The van der Waals surface area contributed by atoms with E-state index in [4.69, 9.17) is 4.74 Å². The van der Waals surface area contributed by atoms with Crippen molar-refractivity contribution < 1.29 is 18.7 Å². The van der Waals surface area contributed by atoms with Gasteiger partial charge >= 0.3 is 6.09 Å². The summed E-state index contributed by atoms with van der Waals surface area (Å²) in [6.07, 6.45) is -2.11. The van der Waals surface area contributed by atoms with Crippen LogP contribution in [-0.2, 0) is 22.6 Å². The van der Waals surface area contributed by atoms with Crippen LogP contribution in [-0.4, -0.2) is 23.8 Å². The zero-order chi connectivity index (χ0) is 20.9. The molecule has 1 unspecified atom stereocenters. The van der Waals surface area contributed by atoms with Gasteiger partial charge in [-0.1, -0.05) is 72.8 Å². The minimum absolute atomic E-state index is 0.0672. The third kappa shape index (κ3) is 4.27.